The molecular formula is C17H25N3S. The molecule has 1 fully saturated rings. The van der Waals surface area contributed by atoms with Gasteiger partial charge in [0.25, 0.3) is 0 Å². The highest BCUT2D eigenvalue weighted by atomic mass is 32.1. The van der Waals surface area contributed by atoms with Crippen LogP contribution in [0, 0.1) is 0 Å². The Morgan fingerprint density at radius 1 is 1.33 bits per heavy atom. The van der Waals surface area contributed by atoms with E-state index in [1.807, 2.05) is 18.4 Å². The average Bonchev–Trinajstić information content (AvgIpc) is 3.06. The number of rotatable bonds is 5. The quantitative estimate of drug-likeness (QED) is 0.916. The molecule has 1 aliphatic heterocycles. The van der Waals surface area contributed by atoms with Gasteiger partial charge in [0.05, 0.1) is 0 Å². The number of likely N-dealkylation sites (tertiary alicyclic amines) is 1. The Hall–Kier alpha value is -0.940. The molecule has 0 amide bonds. The van der Waals surface area contributed by atoms with E-state index in [9.17, 15) is 0 Å². The van der Waals surface area contributed by atoms with Gasteiger partial charge in [0.2, 0.25) is 0 Å². The smallest absolute Gasteiger partial charge is 0.0349 e. The second-order valence-corrected chi connectivity index (χ2v) is 7.31. The summed E-state index contributed by atoms with van der Waals surface area (Å²) in [7, 11) is 6.42. The maximum Gasteiger partial charge on any atom is 0.0349 e. The third kappa shape index (κ3) is 3.14. The van der Waals surface area contributed by atoms with Gasteiger partial charge < -0.3 is 10.2 Å². The molecule has 1 aliphatic rings. The molecule has 1 atom stereocenters. The topological polar surface area (TPSA) is 18.5 Å². The first-order chi connectivity index (χ1) is 10.2. The summed E-state index contributed by atoms with van der Waals surface area (Å²) < 4.78 is 1.42. The van der Waals surface area contributed by atoms with Gasteiger partial charge in [-0.2, -0.15) is 0 Å². The first-order valence-corrected chi connectivity index (χ1v) is 8.53. The molecule has 1 aromatic heterocycles. The van der Waals surface area contributed by atoms with Crippen molar-refractivity contribution in [1.82, 2.24) is 15.1 Å². The largest absolute Gasteiger partial charge is 0.315 e. The Labute approximate surface area is 131 Å². The molecule has 0 saturated carbocycles. The van der Waals surface area contributed by atoms with E-state index in [1.165, 1.54) is 40.0 Å². The molecule has 2 aromatic rings. The van der Waals surface area contributed by atoms with E-state index in [-0.39, 0.29) is 0 Å². The van der Waals surface area contributed by atoms with Crippen LogP contribution in [0.1, 0.15) is 16.9 Å². The maximum absolute atomic E-state index is 3.32. The first-order valence-electron chi connectivity index (χ1n) is 7.71. The molecule has 114 valence electrons. The second kappa shape index (κ2) is 6.44. The zero-order chi connectivity index (χ0) is 14.8. The van der Waals surface area contributed by atoms with Gasteiger partial charge >= 0.3 is 0 Å². The molecule has 0 bridgehead atoms. The van der Waals surface area contributed by atoms with Crippen LogP contribution in [0.4, 0.5) is 0 Å². The van der Waals surface area contributed by atoms with Crippen molar-refractivity contribution in [3.63, 3.8) is 0 Å². The number of fused-ring (bicyclic) bond motifs is 1. The number of likely N-dealkylation sites (N-methyl/N-ethyl adjacent to an activating group) is 1. The fourth-order valence-corrected chi connectivity index (χ4v) is 4.45. The summed E-state index contributed by atoms with van der Waals surface area (Å²) in [5.41, 5.74) is 1.53. The summed E-state index contributed by atoms with van der Waals surface area (Å²) in [6, 6.07) is 9.54. The molecule has 4 heteroatoms. The monoisotopic (exact) mass is 303 g/mol. The lowest BCUT2D eigenvalue weighted by Crippen LogP contribution is -2.31. The van der Waals surface area contributed by atoms with Crippen LogP contribution in [0.2, 0.25) is 0 Å². The molecule has 3 rings (SSSR count). The Balaban J connectivity index is 1.84. The fraction of sp³-hybridized carbons (Fsp3) is 0.529. The molecule has 0 aliphatic carbocycles. The third-order valence-corrected chi connectivity index (χ3v) is 5.69. The highest BCUT2D eigenvalue weighted by molar-refractivity contribution is 7.19. The summed E-state index contributed by atoms with van der Waals surface area (Å²) in [6.07, 6.45) is 1.29. The van der Waals surface area contributed by atoms with Crippen molar-refractivity contribution in [2.75, 3.05) is 34.2 Å². The van der Waals surface area contributed by atoms with Gasteiger partial charge in [-0.1, -0.05) is 18.2 Å². The highest BCUT2D eigenvalue weighted by Gasteiger charge is 2.25. The van der Waals surface area contributed by atoms with Crippen LogP contribution in [0.15, 0.2) is 24.3 Å². The first kappa shape index (κ1) is 15.0. The van der Waals surface area contributed by atoms with Crippen LogP contribution in [0.25, 0.3) is 10.1 Å². The highest BCUT2D eigenvalue weighted by Crippen LogP contribution is 2.33. The van der Waals surface area contributed by atoms with Crippen molar-refractivity contribution in [2.45, 2.75) is 25.6 Å². The standard InChI is InChI=1S/C17H25N3S/c1-18-10-17-15(14-6-4-5-7-16(14)21-17)12-20-9-8-13(11-20)19(2)3/h4-7,13,18H,8-12H2,1-3H3. The number of benzene rings is 1. The predicted molar refractivity (Wildman–Crippen MR) is 92.0 cm³/mol. The molecule has 0 spiro atoms. The summed E-state index contributed by atoms with van der Waals surface area (Å²) in [4.78, 5) is 6.46. The SMILES string of the molecule is CNCc1sc2ccccc2c1CN1CCC(N(C)C)C1. The number of nitrogens with zero attached hydrogens (tertiary/aromatic N) is 2. The summed E-state index contributed by atoms with van der Waals surface area (Å²) >= 11 is 1.94. The number of hydrogen-bond donors (Lipinski definition) is 1. The van der Waals surface area contributed by atoms with Crippen LogP contribution in [-0.4, -0.2) is 50.1 Å². The van der Waals surface area contributed by atoms with Crippen molar-refractivity contribution >= 4 is 21.4 Å². The van der Waals surface area contributed by atoms with Crippen molar-refractivity contribution in [3.05, 3.63) is 34.7 Å². The molecule has 1 N–H and O–H groups in total. The van der Waals surface area contributed by atoms with Crippen LogP contribution in [0.3, 0.4) is 0 Å². The molecule has 3 nitrogen and oxygen atoms in total. The van der Waals surface area contributed by atoms with Gasteiger partial charge in [0, 0.05) is 41.8 Å². The van der Waals surface area contributed by atoms with Crippen LogP contribution < -0.4 is 5.32 Å². The van der Waals surface area contributed by atoms with Crippen molar-refractivity contribution < 1.29 is 0 Å². The Kier molecular flexibility index (Phi) is 4.60. The Morgan fingerprint density at radius 3 is 2.86 bits per heavy atom. The van der Waals surface area contributed by atoms with Gasteiger partial charge in [-0.15, -0.1) is 11.3 Å². The van der Waals surface area contributed by atoms with E-state index in [1.54, 1.807) is 0 Å². The number of nitrogens with one attached hydrogen (secondary N) is 1. The molecular weight excluding hydrogens is 278 g/mol. The number of thiophene rings is 1. The van der Waals surface area contributed by atoms with Gasteiger partial charge in [-0.25, -0.2) is 0 Å². The van der Waals surface area contributed by atoms with Crippen LogP contribution >= 0.6 is 11.3 Å². The summed E-state index contributed by atoms with van der Waals surface area (Å²) in [6.45, 7) is 4.47. The second-order valence-electron chi connectivity index (χ2n) is 6.17. The van der Waals surface area contributed by atoms with E-state index in [0.717, 1.165) is 13.1 Å². The third-order valence-electron chi connectivity index (χ3n) is 4.48. The molecule has 0 radical (unpaired) electrons. The lowest BCUT2D eigenvalue weighted by molar-refractivity contribution is 0.265. The number of hydrogen-bond acceptors (Lipinski definition) is 4. The predicted octanol–water partition coefficient (Wildman–Crippen LogP) is 2.76. The minimum Gasteiger partial charge on any atom is -0.315 e. The van der Waals surface area contributed by atoms with Crippen molar-refractivity contribution in [1.29, 1.82) is 0 Å². The minimum atomic E-state index is 0.711. The molecule has 2 heterocycles. The van der Waals surface area contributed by atoms with Crippen LogP contribution in [0.5, 0.6) is 0 Å². The van der Waals surface area contributed by atoms with E-state index < -0.39 is 0 Å². The zero-order valence-electron chi connectivity index (χ0n) is 13.2. The average molecular weight is 303 g/mol. The Bertz CT molecular complexity index is 605. The summed E-state index contributed by atoms with van der Waals surface area (Å²) in [5, 5.41) is 4.77. The van der Waals surface area contributed by atoms with E-state index in [4.69, 9.17) is 0 Å². The normalized spacial score (nSPS) is 19.9. The van der Waals surface area contributed by atoms with E-state index >= 15 is 0 Å². The molecule has 1 saturated heterocycles. The van der Waals surface area contributed by atoms with Gasteiger partial charge in [0.15, 0.2) is 0 Å². The van der Waals surface area contributed by atoms with Crippen LogP contribution in [-0.2, 0) is 13.1 Å². The van der Waals surface area contributed by atoms with Crippen molar-refractivity contribution in [2.24, 2.45) is 0 Å². The van der Waals surface area contributed by atoms with Gasteiger partial charge in [0.1, 0.15) is 0 Å². The zero-order valence-corrected chi connectivity index (χ0v) is 14.0. The van der Waals surface area contributed by atoms with E-state index in [2.05, 4.69) is 53.5 Å². The molecule has 1 aromatic carbocycles. The van der Waals surface area contributed by atoms with E-state index in [0.29, 0.717) is 6.04 Å². The Morgan fingerprint density at radius 2 is 2.14 bits per heavy atom. The lowest BCUT2D eigenvalue weighted by Gasteiger charge is -2.20. The summed E-state index contributed by atoms with van der Waals surface area (Å²) in [5.74, 6) is 0. The minimum absolute atomic E-state index is 0.711. The van der Waals surface area contributed by atoms with Gasteiger partial charge in [-0.3, -0.25) is 4.90 Å². The molecule has 21 heavy (non-hydrogen) atoms. The molecule has 1 unspecified atom stereocenters. The van der Waals surface area contributed by atoms with Gasteiger partial charge in [-0.05, 0) is 44.6 Å². The van der Waals surface area contributed by atoms with Crippen molar-refractivity contribution in [3.8, 4) is 0 Å². The lowest BCUT2D eigenvalue weighted by atomic mass is 10.1. The fourth-order valence-electron chi connectivity index (χ4n) is 3.23. The maximum atomic E-state index is 3.32.